The number of rotatable bonds is 4. The summed E-state index contributed by atoms with van der Waals surface area (Å²) in [5, 5.41) is 20.7. The van der Waals surface area contributed by atoms with Crippen molar-refractivity contribution < 1.29 is 14.7 Å². The van der Waals surface area contributed by atoms with Gasteiger partial charge in [-0.15, -0.1) is 21.5 Å². The van der Waals surface area contributed by atoms with E-state index in [0.29, 0.717) is 10.4 Å². The van der Waals surface area contributed by atoms with Gasteiger partial charge in [0.2, 0.25) is 10.9 Å². The summed E-state index contributed by atoms with van der Waals surface area (Å²) in [5.74, 6) is -1.87. The van der Waals surface area contributed by atoms with E-state index in [0.717, 1.165) is 11.3 Å². The Hall–Kier alpha value is -2.26. The molecule has 6 nitrogen and oxygen atoms in total. The van der Waals surface area contributed by atoms with Gasteiger partial charge in [-0.05, 0) is 23.6 Å². The number of thiophene rings is 1. The van der Waals surface area contributed by atoms with Crippen molar-refractivity contribution in [3.05, 3.63) is 73.0 Å². The highest BCUT2D eigenvalue weighted by molar-refractivity contribution is 7.13. The SMILES string of the molecule is O=C(C1=C(O)C(=O)N(c2nncs2)C1c1c(Cl)cccc1Cl)c1cccs1. The molecule has 1 atom stereocenters. The average molecular weight is 438 g/mol. The lowest BCUT2D eigenvalue weighted by molar-refractivity contribution is -0.117. The van der Waals surface area contributed by atoms with Crippen LogP contribution in [0.5, 0.6) is 0 Å². The Morgan fingerprint density at radius 1 is 1.15 bits per heavy atom. The normalized spacial score (nSPS) is 17.0. The third-order valence-corrected chi connectivity index (χ3v) is 6.24. The molecule has 1 aromatic carbocycles. The smallest absolute Gasteiger partial charge is 0.296 e. The van der Waals surface area contributed by atoms with Crippen LogP contribution in [0.3, 0.4) is 0 Å². The Morgan fingerprint density at radius 3 is 2.48 bits per heavy atom. The molecule has 4 rings (SSSR count). The van der Waals surface area contributed by atoms with Gasteiger partial charge in [-0.3, -0.25) is 14.5 Å². The largest absolute Gasteiger partial charge is 0.503 e. The summed E-state index contributed by atoms with van der Waals surface area (Å²) in [7, 11) is 0. The van der Waals surface area contributed by atoms with E-state index in [4.69, 9.17) is 23.2 Å². The second-order valence-corrected chi connectivity index (χ2v) is 8.08. The van der Waals surface area contributed by atoms with E-state index in [1.54, 1.807) is 35.7 Å². The second-order valence-electron chi connectivity index (χ2n) is 5.50. The highest BCUT2D eigenvalue weighted by Gasteiger charge is 2.47. The molecule has 1 aliphatic rings. The lowest BCUT2D eigenvalue weighted by atomic mass is 9.95. The minimum Gasteiger partial charge on any atom is -0.503 e. The summed E-state index contributed by atoms with van der Waals surface area (Å²) in [5.41, 5.74) is 1.70. The molecule has 27 heavy (non-hydrogen) atoms. The molecule has 0 saturated carbocycles. The van der Waals surface area contributed by atoms with Crippen LogP contribution in [0.1, 0.15) is 21.3 Å². The van der Waals surface area contributed by atoms with E-state index in [1.807, 2.05) is 0 Å². The number of aromatic nitrogens is 2. The number of benzene rings is 1. The van der Waals surface area contributed by atoms with Crippen LogP contribution in [-0.2, 0) is 4.79 Å². The molecule has 1 aliphatic heterocycles. The topological polar surface area (TPSA) is 83.4 Å². The van der Waals surface area contributed by atoms with Gasteiger partial charge in [-0.2, -0.15) is 0 Å². The van der Waals surface area contributed by atoms with E-state index in [-0.39, 0.29) is 20.7 Å². The van der Waals surface area contributed by atoms with E-state index in [1.165, 1.54) is 21.7 Å². The number of halogens is 2. The van der Waals surface area contributed by atoms with Crippen molar-refractivity contribution in [2.45, 2.75) is 6.04 Å². The number of ketones is 1. The summed E-state index contributed by atoms with van der Waals surface area (Å²) in [4.78, 5) is 27.5. The molecule has 1 amide bonds. The second kappa shape index (κ2) is 7.05. The van der Waals surface area contributed by atoms with Crippen LogP contribution < -0.4 is 4.90 Å². The summed E-state index contributed by atoms with van der Waals surface area (Å²) >= 11 is 15.0. The van der Waals surface area contributed by atoms with Gasteiger partial charge in [0.1, 0.15) is 11.6 Å². The molecule has 2 aromatic heterocycles. The number of carbonyl (C=O) groups is 2. The quantitative estimate of drug-likeness (QED) is 0.598. The number of nitrogens with zero attached hydrogens (tertiary/aromatic N) is 3. The molecule has 0 spiro atoms. The van der Waals surface area contributed by atoms with Gasteiger partial charge in [0, 0.05) is 15.6 Å². The Morgan fingerprint density at radius 2 is 1.89 bits per heavy atom. The first-order chi connectivity index (χ1) is 13.0. The van der Waals surface area contributed by atoms with Gasteiger partial charge < -0.3 is 5.11 Å². The summed E-state index contributed by atoms with van der Waals surface area (Å²) < 4.78 is 0. The summed E-state index contributed by atoms with van der Waals surface area (Å²) in [6.45, 7) is 0. The third kappa shape index (κ3) is 2.94. The zero-order valence-corrected chi connectivity index (χ0v) is 16.4. The van der Waals surface area contributed by atoms with Crippen LogP contribution in [0.2, 0.25) is 10.0 Å². The van der Waals surface area contributed by atoms with Crippen molar-refractivity contribution >= 4 is 62.7 Å². The van der Waals surface area contributed by atoms with Gasteiger partial charge in [0.15, 0.2) is 5.76 Å². The number of hydrogen-bond acceptors (Lipinski definition) is 7. The molecule has 1 N–H and O–H groups in total. The van der Waals surface area contributed by atoms with Crippen LogP contribution in [0.15, 0.2) is 52.6 Å². The molecule has 1 unspecified atom stereocenters. The highest BCUT2D eigenvalue weighted by Crippen LogP contribution is 2.46. The highest BCUT2D eigenvalue weighted by atomic mass is 35.5. The number of anilines is 1. The van der Waals surface area contributed by atoms with Crippen LogP contribution in [0.4, 0.5) is 5.13 Å². The lowest BCUT2D eigenvalue weighted by Gasteiger charge is -2.25. The average Bonchev–Trinajstić information content (AvgIpc) is 3.38. The molecule has 10 heteroatoms. The van der Waals surface area contributed by atoms with E-state index in [9.17, 15) is 14.7 Å². The molecular formula is C17H9Cl2N3O3S2. The van der Waals surface area contributed by atoms with Crippen molar-refractivity contribution in [2.24, 2.45) is 0 Å². The fourth-order valence-corrected chi connectivity index (χ4v) is 4.76. The molecule has 3 heterocycles. The first kappa shape index (κ1) is 18.1. The van der Waals surface area contributed by atoms with Crippen molar-refractivity contribution in [1.29, 1.82) is 0 Å². The van der Waals surface area contributed by atoms with Crippen molar-refractivity contribution in [1.82, 2.24) is 10.2 Å². The van der Waals surface area contributed by atoms with E-state index >= 15 is 0 Å². The van der Waals surface area contributed by atoms with Gasteiger partial charge in [-0.1, -0.05) is 46.7 Å². The zero-order chi connectivity index (χ0) is 19.1. The van der Waals surface area contributed by atoms with Crippen molar-refractivity contribution in [2.75, 3.05) is 4.90 Å². The maximum atomic E-state index is 13.1. The number of amides is 1. The Bertz CT molecular complexity index is 1050. The predicted molar refractivity (Wildman–Crippen MR) is 105 cm³/mol. The van der Waals surface area contributed by atoms with Crippen LogP contribution >= 0.6 is 45.9 Å². The molecule has 0 bridgehead atoms. The molecule has 0 radical (unpaired) electrons. The Labute approximate surface area is 171 Å². The number of Topliss-reactive ketones (excluding diaryl/α,β-unsaturated/α-hetero) is 1. The maximum absolute atomic E-state index is 13.1. The van der Waals surface area contributed by atoms with Gasteiger partial charge in [-0.25, -0.2) is 0 Å². The molecular weight excluding hydrogens is 429 g/mol. The van der Waals surface area contributed by atoms with Crippen molar-refractivity contribution in [3.8, 4) is 0 Å². The Kier molecular flexibility index (Phi) is 4.73. The molecule has 0 fully saturated rings. The maximum Gasteiger partial charge on any atom is 0.296 e. The van der Waals surface area contributed by atoms with Crippen LogP contribution in [0, 0.1) is 0 Å². The standard InChI is InChI=1S/C17H9Cl2N3O3S2/c18-8-3-1-4-9(19)11(8)13-12(14(23)10-5-2-6-26-10)15(24)16(25)22(13)17-21-20-7-27-17/h1-7,13,24H. The molecule has 3 aromatic rings. The minimum atomic E-state index is -1.01. The number of aliphatic hydroxyl groups is 1. The summed E-state index contributed by atoms with van der Waals surface area (Å²) in [6, 6.07) is 7.19. The predicted octanol–water partition coefficient (Wildman–Crippen LogP) is 4.69. The first-order valence-electron chi connectivity index (χ1n) is 7.55. The number of aliphatic hydroxyl groups excluding tert-OH is 1. The van der Waals surface area contributed by atoms with Gasteiger partial charge in [0.05, 0.1) is 10.5 Å². The minimum absolute atomic E-state index is 0.0901. The molecule has 0 aliphatic carbocycles. The van der Waals surface area contributed by atoms with E-state index < -0.39 is 23.5 Å². The van der Waals surface area contributed by atoms with Gasteiger partial charge >= 0.3 is 0 Å². The fourth-order valence-electron chi connectivity index (χ4n) is 2.89. The van der Waals surface area contributed by atoms with E-state index in [2.05, 4.69) is 10.2 Å². The monoisotopic (exact) mass is 437 g/mol. The molecule has 136 valence electrons. The first-order valence-corrected chi connectivity index (χ1v) is 10.1. The Balaban J connectivity index is 1.95. The number of hydrogen-bond donors (Lipinski definition) is 1. The van der Waals surface area contributed by atoms with Gasteiger partial charge in [0.25, 0.3) is 5.91 Å². The molecule has 0 saturated heterocycles. The van der Waals surface area contributed by atoms with Crippen molar-refractivity contribution in [3.63, 3.8) is 0 Å². The lowest BCUT2D eigenvalue weighted by Crippen LogP contribution is -2.31. The third-order valence-electron chi connectivity index (χ3n) is 4.03. The zero-order valence-electron chi connectivity index (χ0n) is 13.3. The fraction of sp³-hybridized carbons (Fsp3) is 0.0588. The number of carbonyl (C=O) groups excluding carboxylic acids is 2. The van der Waals surface area contributed by atoms with Crippen LogP contribution in [-0.4, -0.2) is 27.0 Å². The van der Waals surface area contributed by atoms with Crippen LogP contribution in [0.25, 0.3) is 0 Å². The summed E-state index contributed by atoms with van der Waals surface area (Å²) in [6.07, 6.45) is 0.